The van der Waals surface area contributed by atoms with Crippen LogP contribution in [0, 0.1) is 0 Å². The third-order valence-electron chi connectivity index (χ3n) is 5.62. The van der Waals surface area contributed by atoms with Gasteiger partial charge in [-0.15, -0.1) is 0 Å². The lowest BCUT2D eigenvalue weighted by molar-refractivity contribution is 0.0299. The fraction of sp³-hybridized carbons (Fsp3) is 0.524. The van der Waals surface area contributed by atoms with Crippen LogP contribution in [-0.2, 0) is 11.2 Å². The molecule has 0 bridgehead atoms. The van der Waals surface area contributed by atoms with E-state index in [1.807, 2.05) is 11.0 Å². The van der Waals surface area contributed by atoms with Gasteiger partial charge in [-0.25, -0.2) is 0 Å². The lowest BCUT2D eigenvalue weighted by atomic mass is 9.98. The van der Waals surface area contributed by atoms with Gasteiger partial charge in [-0.2, -0.15) is 5.10 Å². The van der Waals surface area contributed by atoms with E-state index in [1.165, 1.54) is 18.4 Å². The van der Waals surface area contributed by atoms with Crippen molar-refractivity contribution in [2.45, 2.75) is 31.7 Å². The minimum atomic E-state index is 0.00689. The van der Waals surface area contributed by atoms with Gasteiger partial charge in [-0.1, -0.05) is 36.8 Å². The minimum absolute atomic E-state index is 0.00689. The molecule has 27 heavy (non-hydrogen) atoms. The Morgan fingerprint density at radius 3 is 2.78 bits per heavy atom. The fourth-order valence-electron chi connectivity index (χ4n) is 4.07. The van der Waals surface area contributed by atoms with Crippen LogP contribution >= 0.6 is 0 Å². The van der Waals surface area contributed by atoms with Crippen molar-refractivity contribution < 1.29 is 9.53 Å². The summed E-state index contributed by atoms with van der Waals surface area (Å²) in [5.41, 5.74) is 2.97. The number of aromatic nitrogens is 2. The number of morpholine rings is 1. The first-order chi connectivity index (χ1) is 13.3. The summed E-state index contributed by atoms with van der Waals surface area (Å²) in [6.07, 6.45) is 4.62. The van der Waals surface area contributed by atoms with Crippen LogP contribution < -0.4 is 0 Å². The number of hydrogen-bond acceptors (Lipinski definition) is 4. The lowest BCUT2D eigenvalue weighted by Crippen LogP contribution is -2.40. The SMILES string of the molecule is O=C(c1cc([C@@H]2CCCCN2CCc2ccccc2)[nH]n1)N1CCOCC1. The Morgan fingerprint density at radius 1 is 1.15 bits per heavy atom. The summed E-state index contributed by atoms with van der Waals surface area (Å²) < 4.78 is 5.33. The molecule has 1 amide bonds. The molecule has 2 aliphatic heterocycles. The summed E-state index contributed by atoms with van der Waals surface area (Å²) in [6, 6.07) is 12.9. The molecule has 1 N–H and O–H groups in total. The molecule has 1 atom stereocenters. The number of nitrogens with one attached hydrogen (secondary N) is 1. The number of piperidine rings is 1. The summed E-state index contributed by atoms with van der Waals surface area (Å²) in [5, 5.41) is 7.49. The highest BCUT2D eigenvalue weighted by molar-refractivity contribution is 5.92. The highest BCUT2D eigenvalue weighted by atomic mass is 16.5. The Kier molecular flexibility index (Phi) is 5.84. The smallest absolute Gasteiger partial charge is 0.274 e. The van der Waals surface area contributed by atoms with Crippen molar-refractivity contribution in [1.29, 1.82) is 0 Å². The number of benzene rings is 1. The van der Waals surface area contributed by atoms with Gasteiger partial charge in [0, 0.05) is 19.6 Å². The van der Waals surface area contributed by atoms with Crippen molar-refractivity contribution in [2.75, 3.05) is 39.4 Å². The maximum absolute atomic E-state index is 12.7. The van der Waals surface area contributed by atoms with Crippen molar-refractivity contribution in [3.63, 3.8) is 0 Å². The Labute approximate surface area is 160 Å². The summed E-state index contributed by atoms with van der Waals surface area (Å²) >= 11 is 0. The van der Waals surface area contributed by atoms with E-state index < -0.39 is 0 Å². The molecular formula is C21H28N4O2. The molecule has 3 heterocycles. The van der Waals surface area contributed by atoms with Crippen LogP contribution in [0.3, 0.4) is 0 Å². The molecule has 0 saturated carbocycles. The van der Waals surface area contributed by atoms with Crippen LogP contribution in [0.4, 0.5) is 0 Å². The average Bonchev–Trinajstić information content (AvgIpc) is 3.23. The first-order valence-electron chi connectivity index (χ1n) is 10.0. The third-order valence-corrected chi connectivity index (χ3v) is 5.62. The summed E-state index contributed by atoms with van der Waals surface area (Å²) in [4.78, 5) is 17.0. The Hall–Kier alpha value is -2.18. The molecule has 6 nitrogen and oxygen atoms in total. The summed E-state index contributed by atoms with van der Waals surface area (Å²) in [6.45, 7) is 4.64. The second kappa shape index (κ2) is 8.67. The van der Waals surface area contributed by atoms with E-state index in [1.54, 1.807) is 0 Å². The van der Waals surface area contributed by atoms with Gasteiger partial charge < -0.3 is 9.64 Å². The van der Waals surface area contributed by atoms with E-state index in [9.17, 15) is 4.79 Å². The number of aromatic amines is 1. The number of carbonyl (C=O) groups excluding carboxylic acids is 1. The van der Waals surface area contributed by atoms with Gasteiger partial charge in [0.1, 0.15) is 5.69 Å². The Morgan fingerprint density at radius 2 is 1.96 bits per heavy atom. The second-order valence-corrected chi connectivity index (χ2v) is 7.40. The molecule has 4 rings (SSSR count). The highest BCUT2D eigenvalue weighted by Crippen LogP contribution is 2.30. The fourth-order valence-corrected chi connectivity index (χ4v) is 4.07. The standard InChI is InChI=1S/C21H28N4O2/c26-21(25-12-14-27-15-13-25)19-16-18(22-23-19)20-8-4-5-10-24(20)11-9-17-6-2-1-3-7-17/h1-3,6-7,16,20H,4-5,8-15H2,(H,22,23)/t20-/m0/s1. The number of rotatable bonds is 5. The number of ether oxygens (including phenoxy) is 1. The summed E-state index contributed by atoms with van der Waals surface area (Å²) in [5.74, 6) is 0.00689. The molecule has 6 heteroatoms. The van der Waals surface area contributed by atoms with E-state index in [0.29, 0.717) is 38.0 Å². The van der Waals surface area contributed by atoms with Crippen LogP contribution in [0.5, 0.6) is 0 Å². The maximum atomic E-state index is 12.7. The van der Waals surface area contributed by atoms with E-state index in [4.69, 9.17) is 4.74 Å². The van der Waals surface area contributed by atoms with Gasteiger partial charge in [-0.3, -0.25) is 14.8 Å². The lowest BCUT2D eigenvalue weighted by Gasteiger charge is -2.35. The molecule has 0 aliphatic carbocycles. The van der Waals surface area contributed by atoms with Crippen molar-refractivity contribution in [3.8, 4) is 0 Å². The van der Waals surface area contributed by atoms with Crippen LogP contribution in [0.1, 0.15) is 47.1 Å². The van der Waals surface area contributed by atoms with E-state index >= 15 is 0 Å². The first kappa shape index (κ1) is 18.2. The average molecular weight is 368 g/mol. The van der Waals surface area contributed by atoms with E-state index in [-0.39, 0.29) is 5.91 Å². The molecule has 0 radical (unpaired) electrons. The molecule has 2 fully saturated rings. The maximum Gasteiger partial charge on any atom is 0.274 e. The molecule has 2 aliphatic rings. The molecule has 144 valence electrons. The monoisotopic (exact) mass is 368 g/mol. The zero-order chi connectivity index (χ0) is 18.5. The third kappa shape index (κ3) is 4.39. The Bertz CT molecular complexity index is 740. The van der Waals surface area contributed by atoms with Crippen molar-refractivity contribution in [3.05, 3.63) is 53.3 Å². The van der Waals surface area contributed by atoms with Crippen LogP contribution in [0.15, 0.2) is 36.4 Å². The first-order valence-corrected chi connectivity index (χ1v) is 10.0. The van der Waals surface area contributed by atoms with Crippen LogP contribution in [0.25, 0.3) is 0 Å². The number of hydrogen-bond donors (Lipinski definition) is 1. The molecular weight excluding hydrogens is 340 g/mol. The highest BCUT2D eigenvalue weighted by Gasteiger charge is 2.27. The van der Waals surface area contributed by atoms with Gasteiger partial charge in [0.25, 0.3) is 5.91 Å². The van der Waals surface area contributed by atoms with E-state index in [0.717, 1.165) is 31.6 Å². The van der Waals surface area contributed by atoms with Gasteiger partial charge >= 0.3 is 0 Å². The number of likely N-dealkylation sites (tertiary alicyclic amines) is 1. The predicted octanol–water partition coefficient (Wildman–Crippen LogP) is 2.65. The summed E-state index contributed by atoms with van der Waals surface area (Å²) in [7, 11) is 0. The second-order valence-electron chi connectivity index (χ2n) is 7.40. The zero-order valence-electron chi connectivity index (χ0n) is 15.8. The van der Waals surface area contributed by atoms with Crippen molar-refractivity contribution in [2.24, 2.45) is 0 Å². The van der Waals surface area contributed by atoms with Crippen molar-refractivity contribution >= 4 is 5.91 Å². The van der Waals surface area contributed by atoms with E-state index in [2.05, 4.69) is 45.4 Å². The number of H-pyrrole nitrogens is 1. The zero-order valence-corrected chi connectivity index (χ0v) is 15.8. The molecule has 2 aromatic rings. The van der Waals surface area contributed by atoms with Gasteiger partial charge in [0.2, 0.25) is 0 Å². The predicted molar refractivity (Wildman–Crippen MR) is 104 cm³/mol. The van der Waals surface area contributed by atoms with Gasteiger partial charge in [-0.05, 0) is 37.4 Å². The largest absolute Gasteiger partial charge is 0.378 e. The number of nitrogens with zero attached hydrogens (tertiary/aromatic N) is 3. The van der Waals surface area contributed by atoms with Gasteiger partial charge in [0.15, 0.2) is 0 Å². The normalized spacial score (nSPS) is 21.3. The Balaban J connectivity index is 1.42. The van der Waals surface area contributed by atoms with Crippen LogP contribution in [-0.4, -0.2) is 65.3 Å². The van der Waals surface area contributed by atoms with Crippen LogP contribution in [0.2, 0.25) is 0 Å². The molecule has 2 saturated heterocycles. The quantitative estimate of drug-likeness (QED) is 0.881. The number of carbonyl (C=O) groups is 1. The molecule has 0 unspecified atom stereocenters. The number of amides is 1. The van der Waals surface area contributed by atoms with Gasteiger partial charge in [0.05, 0.1) is 24.9 Å². The minimum Gasteiger partial charge on any atom is -0.378 e. The topological polar surface area (TPSA) is 61.5 Å². The molecule has 1 aromatic heterocycles. The molecule has 0 spiro atoms. The van der Waals surface area contributed by atoms with Crippen molar-refractivity contribution in [1.82, 2.24) is 20.0 Å². The molecule has 1 aromatic carbocycles.